The van der Waals surface area contributed by atoms with Crippen molar-refractivity contribution in [3.8, 4) is 0 Å². The third-order valence-corrected chi connectivity index (χ3v) is 3.94. The van der Waals surface area contributed by atoms with Crippen molar-refractivity contribution in [3.63, 3.8) is 0 Å². The van der Waals surface area contributed by atoms with Crippen LogP contribution in [-0.4, -0.2) is 24.5 Å². The molecule has 106 valence electrons. The van der Waals surface area contributed by atoms with Gasteiger partial charge in [0.2, 0.25) is 0 Å². The van der Waals surface area contributed by atoms with E-state index in [4.69, 9.17) is 0 Å². The molecule has 1 amide bonds. The summed E-state index contributed by atoms with van der Waals surface area (Å²) in [4.78, 5) is 12.1. The Labute approximate surface area is 126 Å². The van der Waals surface area contributed by atoms with Crippen molar-refractivity contribution in [1.82, 2.24) is 10.6 Å². The van der Waals surface area contributed by atoms with Crippen LogP contribution in [0.2, 0.25) is 0 Å². The van der Waals surface area contributed by atoms with Gasteiger partial charge < -0.3 is 10.6 Å². The van der Waals surface area contributed by atoms with Crippen LogP contribution in [0.15, 0.2) is 22.7 Å². The zero-order valence-electron chi connectivity index (χ0n) is 10.6. The third kappa shape index (κ3) is 4.16. The summed E-state index contributed by atoms with van der Waals surface area (Å²) < 4.78 is 13.8. The van der Waals surface area contributed by atoms with E-state index in [0.29, 0.717) is 10.0 Å². The molecule has 19 heavy (non-hydrogen) atoms. The molecular weight excluding hydrogens is 335 g/mol. The van der Waals surface area contributed by atoms with Crippen molar-refractivity contribution in [3.05, 3.63) is 34.1 Å². The number of rotatable bonds is 2. The van der Waals surface area contributed by atoms with E-state index in [9.17, 15) is 9.18 Å². The quantitative estimate of drug-likeness (QED) is 0.860. The molecule has 0 bridgehead atoms. The van der Waals surface area contributed by atoms with E-state index in [1.807, 2.05) is 6.92 Å². The number of amides is 1. The van der Waals surface area contributed by atoms with Gasteiger partial charge in [-0.05, 0) is 60.4 Å². The molecule has 0 saturated carbocycles. The lowest BCUT2D eigenvalue weighted by atomic mass is 9.99. The van der Waals surface area contributed by atoms with E-state index < -0.39 is 5.82 Å². The van der Waals surface area contributed by atoms with E-state index in [1.165, 1.54) is 12.1 Å². The molecular formula is C13H17BrClFN2O. The summed E-state index contributed by atoms with van der Waals surface area (Å²) in [6.07, 6.45) is 1.99. The van der Waals surface area contributed by atoms with Gasteiger partial charge in [-0.15, -0.1) is 12.4 Å². The summed E-state index contributed by atoms with van der Waals surface area (Å²) >= 11 is 3.27. The number of carbonyl (C=O) groups excluding carboxylic acids is 1. The molecule has 3 nitrogen and oxygen atoms in total. The number of piperidine rings is 1. The average molecular weight is 352 g/mol. The molecule has 1 saturated heterocycles. The van der Waals surface area contributed by atoms with Crippen LogP contribution < -0.4 is 10.6 Å². The Hall–Kier alpha value is -0.650. The molecule has 2 atom stereocenters. The zero-order chi connectivity index (χ0) is 13.1. The van der Waals surface area contributed by atoms with Gasteiger partial charge in [-0.2, -0.15) is 0 Å². The van der Waals surface area contributed by atoms with Crippen molar-refractivity contribution in [2.24, 2.45) is 0 Å². The van der Waals surface area contributed by atoms with E-state index in [-0.39, 0.29) is 30.4 Å². The Morgan fingerprint density at radius 3 is 2.95 bits per heavy atom. The Bertz CT molecular complexity index is 458. The van der Waals surface area contributed by atoms with Gasteiger partial charge in [-0.25, -0.2) is 4.39 Å². The van der Waals surface area contributed by atoms with Gasteiger partial charge in [0, 0.05) is 16.6 Å². The smallest absolute Gasteiger partial charge is 0.252 e. The molecule has 1 aliphatic rings. The molecule has 1 aliphatic heterocycles. The van der Waals surface area contributed by atoms with Crippen LogP contribution in [-0.2, 0) is 0 Å². The van der Waals surface area contributed by atoms with Crippen molar-refractivity contribution >= 4 is 34.2 Å². The second-order valence-electron chi connectivity index (χ2n) is 4.59. The molecule has 2 unspecified atom stereocenters. The molecule has 6 heteroatoms. The van der Waals surface area contributed by atoms with Crippen LogP contribution in [0.4, 0.5) is 4.39 Å². The van der Waals surface area contributed by atoms with Gasteiger partial charge in [0.15, 0.2) is 0 Å². The number of hydrogen-bond donors (Lipinski definition) is 2. The van der Waals surface area contributed by atoms with Crippen molar-refractivity contribution < 1.29 is 9.18 Å². The molecule has 1 aromatic rings. The fourth-order valence-corrected chi connectivity index (χ4v) is 2.59. The normalized spacial score (nSPS) is 22.5. The Morgan fingerprint density at radius 1 is 1.53 bits per heavy atom. The maximum Gasteiger partial charge on any atom is 0.252 e. The summed E-state index contributed by atoms with van der Waals surface area (Å²) in [6, 6.07) is 4.47. The van der Waals surface area contributed by atoms with Crippen molar-refractivity contribution in [2.45, 2.75) is 31.8 Å². The van der Waals surface area contributed by atoms with Gasteiger partial charge in [0.25, 0.3) is 5.91 Å². The minimum Gasteiger partial charge on any atom is -0.348 e. The molecule has 0 radical (unpaired) electrons. The molecule has 0 aliphatic carbocycles. The highest BCUT2D eigenvalue weighted by molar-refractivity contribution is 9.10. The largest absolute Gasteiger partial charge is 0.348 e. The van der Waals surface area contributed by atoms with Gasteiger partial charge in [-0.1, -0.05) is 0 Å². The van der Waals surface area contributed by atoms with E-state index in [2.05, 4.69) is 26.6 Å². The summed E-state index contributed by atoms with van der Waals surface area (Å²) in [6.45, 7) is 3.03. The number of halogens is 3. The zero-order valence-corrected chi connectivity index (χ0v) is 13.0. The number of hydrogen-bond acceptors (Lipinski definition) is 2. The minimum absolute atomic E-state index is 0. The molecule has 0 aromatic heterocycles. The highest BCUT2D eigenvalue weighted by Gasteiger charge is 2.23. The maximum atomic E-state index is 13.1. The summed E-state index contributed by atoms with van der Waals surface area (Å²) in [7, 11) is 0. The van der Waals surface area contributed by atoms with Crippen LogP contribution in [0.1, 0.15) is 30.1 Å². The third-order valence-electron chi connectivity index (χ3n) is 3.25. The number of benzene rings is 1. The lowest BCUT2D eigenvalue weighted by Gasteiger charge is -2.30. The van der Waals surface area contributed by atoms with Gasteiger partial charge in [0.1, 0.15) is 5.82 Å². The first-order valence-corrected chi connectivity index (χ1v) is 6.86. The van der Waals surface area contributed by atoms with Gasteiger partial charge in [-0.3, -0.25) is 4.79 Å². The molecule has 2 N–H and O–H groups in total. The Morgan fingerprint density at radius 2 is 2.26 bits per heavy atom. The van der Waals surface area contributed by atoms with E-state index in [1.54, 1.807) is 6.07 Å². The lowest BCUT2D eigenvalue weighted by Crippen LogP contribution is -2.51. The van der Waals surface area contributed by atoms with Crippen LogP contribution in [0.25, 0.3) is 0 Å². The first kappa shape index (κ1) is 16.4. The summed E-state index contributed by atoms with van der Waals surface area (Å²) in [5, 5.41) is 6.27. The summed E-state index contributed by atoms with van der Waals surface area (Å²) in [5.74, 6) is -0.639. The molecule has 1 fully saturated rings. The summed E-state index contributed by atoms with van der Waals surface area (Å²) in [5.41, 5.74) is 0.341. The fraction of sp³-hybridized carbons (Fsp3) is 0.462. The van der Waals surface area contributed by atoms with Crippen LogP contribution in [0.3, 0.4) is 0 Å². The molecule has 1 aromatic carbocycles. The number of nitrogens with one attached hydrogen (secondary N) is 2. The maximum absolute atomic E-state index is 13.1. The second-order valence-corrected chi connectivity index (χ2v) is 5.44. The monoisotopic (exact) mass is 350 g/mol. The van der Waals surface area contributed by atoms with Crippen LogP contribution in [0, 0.1) is 5.82 Å². The van der Waals surface area contributed by atoms with E-state index in [0.717, 1.165) is 19.4 Å². The molecule has 0 spiro atoms. The highest BCUT2D eigenvalue weighted by Crippen LogP contribution is 2.18. The first-order valence-electron chi connectivity index (χ1n) is 6.07. The predicted molar refractivity (Wildman–Crippen MR) is 79.3 cm³/mol. The Kier molecular flexibility index (Phi) is 6.23. The van der Waals surface area contributed by atoms with Crippen molar-refractivity contribution in [2.75, 3.05) is 6.54 Å². The van der Waals surface area contributed by atoms with Crippen molar-refractivity contribution in [1.29, 1.82) is 0 Å². The second kappa shape index (κ2) is 7.22. The number of carbonyl (C=O) groups is 1. The standard InChI is InChI=1S/C13H16BrFN2O.ClH/c1-8-12(3-2-6-16-8)17-13(18)10-7-9(15)4-5-11(10)14;/h4-5,7-8,12,16H,2-3,6H2,1H3,(H,17,18);1H. The van der Waals surface area contributed by atoms with Gasteiger partial charge >= 0.3 is 0 Å². The lowest BCUT2D eigenvalue weighted by molar-refractivity contribution is 0.0918. The first-order chi connectivity index (χ1) is 8.58. The average Bonchev–Trinajstić information content (AvgIpc) is 2.35. The predicted octanol–water partition coefficient (Wildman–Crippen LogP) is 2.88. The van der Waals surface area contributed by atoms with Gasteiger partial charge in [0.05, 0.1) is 5.56 Å². The van der Waals surface area contributed by atoms with Crippen LogP contribution in [0.5, 0.6) is 0 Å². The van der Waals surface area contributed by atoms with E-state index >= 15 is 0 Å². The molecule has 1 heterocycles. The highest BCUT2D eigenvalue weighted by atomic mass is 79.9. The fourth-order valence-electron chi connectivity index (χ4n) is 2.16. The Balaban J connectivity index is 0.00000180. The van der Waals surface area contributed by atoms with Crippen LogP contribution >= 0.6 is 28.3 Å². The topological polar surface area (TPSA) is 41.1 Å². The molecule has 2 rings (SSSR count). The SMILES string of the molecule is CC1NCCCC1NC(=O)c1cc(F)ccc1Br.Cl. The minimum atomic E-state index is -0.404.